The summed E-state index contributed by atoms with van der Waals surface area (Å²) in [5.74, 6) is 0.435. The molecule has 0 unspecified atom stereocenters. The highest BCUT2D eigenvalue weighted by Crippen LogP contribution is 2.57. The van der Waals surface area contributed by atoms with Crippen LogP contribution < -0.4 is 0 Å². The van der Waals surface area contributed by atoms with Gasteiger partial charge in [-0.3, -0.25) is 0 Å². The van der Waals surface area contributed by atoms with E-state index in [0.29, 0.717) is 12.3 Å². The van der Waals surface area contributed by atoms with Crippen molar-refractivity contribution in [1.29, 1.82) is 0 Å². The molecule has 1 saturated carbocycles. The van der Waals surface area contributed by atoms with Crippen molar-refractivity contribution in [2.45, 2.75) is 57.5 Å². The van der Waals surface area contributed by atoms with Gasteiger partial charge in [0.15, 0.2) is 0 Å². The Kier molecular flexibility index (Phi) is 2.79. The molecule has 0 saturated heterocycles. The van der Waals surface area contributed by atoms with Crippen molar-refractivity contribution in [3.05, 3.63) is 46.1 Å². The van der Waals surface area contributed by atoms with Crippen molar-refractivity contribution < 1.29 is 0 Å². The van der Waals surface area contributed by atoms with Gasteiger partial charge in [0.2, 0.25) is 0 Å². The Balaban J connectivity index is 2.14. The van der Waals surface area contributed by atoms with Gasteiger partial charge in [-0.25, -0.2) is 22.8 Å². The predicted octanol–water partition coefficient (Wildman–Crippen LogP) is 4.77. The van der Waals surface area contributed by atoms with Gasteiger partial charge in [0.25, 0.3) is 0 Å². The third-order valence-electron chi connectivity index (χ3n) is 5.56. The van der Waals surface area contributed by atoms with Gasteiger partial charge in [-0.15, -0.1) is 0 Å². The molecule has 2 heteroatoms. The molecule has 2 atom stereocenters. The molecule has 0 aromatic carbocycles. The van der Waals surface area contributed by atoms with Crippen LogP contribution in [0.3, 0.4) is 0 Å². The first kappa shape index (κ1) is 12.5. The Morgan fingerprint density at radius 2 is 2.00 bits per heavy atom. The van der Waals surface area contributed by atoms with E-state index < -0.39 is 5.66 Å². The fourth-order valence-electron chi connectivity index (χ4n) is 4.42. The predicted molar refractivity (Wildman–Crippen MR) is 76.0 cm³/mol. The minimum absolute atomic E-state index is 0.220. The van der Waals surface area contributed by atoms with Crippen LogP contribution in [-0.2, 0) is 0 Å². The largest absolute Gasteiger partial charge is 0.509 e. The molecule has 0 spiro atoms. The number of hydrogen-bond donors (Lipinski definition) is 0. The molecule has 0 N–H and O–H groups in total. The lowest BCUT2D eigenvalue weighted by molar-refractivity contribution is 0.210. The van der Waals surface area contributed by atoms with Crippen LogP contribution in [0, 0.1) is 24.5 Å². The van der Waals surface area contributed by atoms with Crippen molar-refractivity contribution in [1.82, 2.24) is 0 Å². The summed E-state index contributed by atoms with van der Waals surface area (Å²) in [5, 5.41) is 0. The smallest absolute Gasteiger partial charge is 0.226 e. The lowest BCUT2D eigenvalue weighted by atomic mass is 9.62. The second-order valence-electron chi connectivity index (χ2n) is 6.39. The average Bonchev–Trinajstić information content (AvgIpc) is 2.90. The molecule has 0 heterocycles. The summed E-state index contributed by atoms with van der Waals surface area (Å²) in [4.78, 5) is 7.54. The highest BCUT2D eigenvalue weighted by atomic mass is 15.0. The Morgan fingerprint density at radius 1 is 1.21 bits per heavy atom. The zero-order valence-corrected chi connectivity index (χ0v) is 11.6. The molecule has 0 aromatic rings. The summed E-state index contributed by atoms with van der Waals surface area (Å²) in [7, 11) is 0. The normalized spacial score (nSPS) is 35.8. The molecule has 0 aromatic heterocycles. The third kappa shape index (κ3) is 1.59. The standard InChI is InChI=1S/C17H20N2/c1-16-11-5-4-7-13(16)10-12-17(18-2,19-3)15-9-6-8-14(15)16/h9-10,14H,4-8,11-12H2,1H3/t14-,16-/m0/s1. The number of fused-ring (bicyclic) bond motifs is 3. The quantitative estimate of drug-likeness (QED) is 0.434. The first-order chi connectivity index (χ1) is 9.16. The van der Waals surface area contributed by atoms with Crippen LogP contribution in [0.4, 0.5) is 0 Å². The first-order valence-corrected chi connectivity index (χ1v) is 7.33. The zero-order chi connectivity index (χ0) is 13.5. The number of allylic oxidation sites excluding steroid dienone is 2. The fraction of sp³-hybridized carbons (Fsp3) is 0.647. The van der Waals surface area contributed by atoms with Crippen molar-refractivity contribution >= 4 is 0 Å². The Morgan fingerprint density at radius 3 is 2.74 bits per heavy atom. The van der Waals surface area contributed by atoms with Gasteiger partial charge in [0, 0.05) is 5.92 Å². The summed E-state index contributed by atoms with van der Waals surface area (Å²) >= 11 is 0. The molecule has 3 aliphatic rings. The highest BCUT2D eigenvalue weighted by molar-refractivity contribution is 5.42. The van der Waals surface area contributed by atoms with Gasteiger partial charge in [0.1, 0.15) is 12.0 Å². The maximum Gasteiger partial charge on any atom is 0.509 e. The van der Waals surface area contributed by atoms with E-state index >= 15 is 0 Å². The van der Waals surface area contributed by atoms with E-state index in [1.54, 1.807) is 0 Å². The molecular formula is C17H20N2. The van der Waals surface area contributed by atoms with Gasteiger partial charge < -0.3 is 0 Å². The molecule has 0 radical (unpaired) electrons. The van der Waals surface area contributed by atoms with Crippen LogP contribution in [0.15, 0.2) is 23.3 Å². The minimum atomic E-state index is -0.922. The second-order valence-corrected chi connectivity index (χ2v) is 6.39. The maximum atomic E-state index is 7.56. The second kappa shape index (κ2) is 4.24. The molecular weight excluding hydrogens is 232 g/mol. The summed E-state index contributed by atoms with van der Waals surface area (Å²) < 4.78 is 0. The van der Waals surface area contributed by atoms with E-state index in [2.05, 4.69) is 28.8 Å². The summed E-state index contributed by atoms with van der Waals surface area (Å²) in [6.45, 7) is 17.5. The third-order valence-corrected chi connectivity index (χ3v) is 5.56. The molecule has 98 valence electrons. The molecule has 3 aliphatic carbocycles. The number of hydrogen-bond acceptors (Lipinski definition) is 0. The number of nitrogens with zero attached hydrogens (tertiary/aromatic N) is 2. The average molecular weight is 252 g/mol. The number of rotatable bonds is 0. The van der Waals surface area contributed by atoms with E-state index in [-0.39, 0.29) is 5.41 Å². The first-order valence-electron chi connectivity index (χ1n) is 7.33. The van der Waals surface area contributed by atoms with Crippen LogP contribution in [0.1, 0.15) is 51.9 Å². The lowest BCUT2D eigenvalue weighted by Crippen LogP contribution is -2.35. The topological polar surface area (TPSA) is 8.72 Å². The van der Waals surface area contributed by atoms with E-state index in [1.165, 1.54) is 31.3 Å². The van der Waals surface area contributed by atoms with Crippen LogP contribution in [-0.4, -0.2) is 5.66 Å². The van der Waals surface area contributed by atoms with Crippen LogP contribution >= 0.6 is 0 Å². The van der Waals surface area contributed by atoms with Crippen molar-refractivity contribution in [3.8, 4) is 0 Å². The van der Waals surface area contributed by atoms with Crippen molar-refractivity contribution in [2.24, 2.45) is 11.3 Å². The Bertz CT molecular complexity index is 527. The van der Waals surface area contributed by atoms with E-state index in [9.17, 15) is 0 Å². The molecule has 3 rings (SSSR count). The van der Waals surface area contributed by atoms with Crippen LogP contribution in [0.25, 0.3) is 9.69 Å². The van der Waals surface area contributed by atoms with Crippen molar-refractivity contribution in [2.75, 3.05) is 0 Å². The molecule has 1 fully saturated rings. The monoisotopic (exact) mass is 252 g/mol. The van der Waals surface area contributed by atoms with E-state index in [4.69, 9.17) is 13.1 Å². The van der Waals surface area contributed by atoms with Gasteiger partial charge >= 0.3 is 5.66 Å². The summed E-state index contributed by atoms with van der Waals surface area (Å²) in [5.41, 5.74) is 1.98. The highest BCUT2D eigenvalue weighted by Gasteiger charge is 2.58. The van der Waals surface area contributed by atoms with Gasteiger partial charge in [-0.1, -0.05) is 31.1 Å². The van der Waals surface area contributed by atoms with Gasteiger partial charge in [-0.2, -0.15) is 0 Å². The molecule has 19 heavy (non-hydrogen) atoms. The zero-order valence-electron chi connectivity index (χ0n) is 11.6. The Hall–Kier alpha value is -1.54. The van der Waals surface area contributed by atoms with E-state index in [0.717, 1.165) is 18.4 Å². The summed E-state index contributed by atoms with van der Waals surface area (Å²) in [6.07, 6.45) is 12.2. The van der Waals surface area contributed by atoms with Gasteiger partial charge in [-0.05, 0) is 37.5 Å². The molecule has 2 nitrogen and oxygen atoms in total. The summed E-state index contributed by atoms with van der Waals surface area (Å²) in [6, 6.07) is 0. The van der Waals surface area contributed by atoms with Crippen LogP contribution in [0.5, 0.6) is 0 Å². The Labute approximate surface area is 115 Å². The molecule has 0 bridgehead atoms. The van der Waals surface area contributed by atoms with Gasteiger partial charge in [0.05, 0.1) is 0 Å². The van der Waals surface area contributed by atoms with E-state index in [1.807, 2.05) is 0 Å². The lowest BCUT2D eigenvalue weighted by Gasteiger charge is -2.41. The molecule has 0 amide bonds. The van der Waals surface area contributed by atoms with Crippen molar-refractivity contribution in [3.63, 3.8) is 0 Å². The molecule has 0 aliphatic heterocycles. The van der Waals surface area contributed by atoms with Crippen LogP contribution in [0.2, 0.25) is 0 Å². The minimum Gasteiger partial charge on any atom is -0.226 e. The fourth-order valence-corrected chi connectivity index (χ4v) is 4.42. The SMILES string of the molecule is [C-]#[N+]C1([N+]#[C-])CC=C2CCCC[C@]2(C)[C@H]2CCC=C21. The maximum absolute atomic E-state index is 7.56.